The lowest BCUT2D eigenvalue weighted by Crippen LogP contribution is -2.02. The van der Waals surface area contributed by atoms with Gasteiger partial charge in [0.05, 0.1) is 34.6 Å². The van der Waals surface area contributed by atoms with Crippen molar-refractivity contribution in [2.45, 2.75) is 6.54 Å². The molecular weight excluding hydrogens is 236 g/mol. The van der Waals surface area contributed by atoms with Gasteiger partial charge in [-0.05, 0) is 35.9 Å². The molecule has 0 saturated heterocycles. The molecule has 0 radical (unpaired) electrons. The van der Waals surface area contributed by atoms with E-state index in [1.54, 1.807) is 30.3 Å². The molecule has 0 heterocycles. The molecule has 0 aliphatic heterocycles. The third kappa shape index (κ3) is 3.02. The molecule has 2 aromatic carbocycles. The molecule has 0 fully saturated rings. The third-order valence-corrected chi connectivity index (χ3v) is 2.75. The van der Waals surface area contributed by atoms with Crippen molar-refractivity contribution in [3.63, 3.8) is 0 Å². The molecule has 0 atom stereocenters. The Kier molecular flexibility index (Phi) is 3.66. The van der Waals surface area contributed by atoms with Gasteiger partial charge in [0.2, 0.25) is 0 Å². The average Bonchev–Trinajstić information content (AvgIpc) is 2.46. The molecule has 0 aromatic heterocycles. The Labute approximate surface area is 111 Å². The number of rotatable bonds is 3. The second-order valence-electron chi connectivity index (χ2n) is 4.08. The molecule has 0 aliphatic carbocycles. The normalized spacial score (nSPS) is 9.37. The van der Waals surface area contributed by atoms with Gasteiger partial charge >= 0.3 is 0 Å². The first-order chi connectivity index (χ1) is 9.22. The minimum absolute atomic E-state index is 0.543. The first kappa shape index (κ1) is 12.5. The van der Waals surface area contributed by atoms with E-state index in [-0.39, 0.29) is 0 Å². The van der Waals surface area contributed by atoms with Gasteiger partial charge in [0.1, 0.15) is 0 Å². The van der Waals surface area contributed by atoms with E-state index in [0.29, 0.717) is 23.4 Å². The molecule has 3 N–H and O–H groups in total. The molecule has 0 amide bonds. The molecule has 2 aromatic rings. The van der Waals surface area contributed by atoms with Crippen LogP contribution < -0.4 is 11.1 Å². The van der Waals surface area contributed by atoms with Crippen LogP contribution in [-0.2, 0) is 6.54 Å². The van der Waals surface area contributed by atoms with Crippen molar-refractivity contribution in [2.75, 3.05) is 11.1 Å². The van der Waals surface area contributed by atoms with Crippen molar-refractivity contribution in [2.24, 2.45) is 0 Å². The Morgan fingerprint density at radius 2 is 1.58 bits per heavy atom. The van der Waals surface area contributed by atoms with Crippen LogP contribution in [-0.4, -0.2) is 0 Å². The standard InChI is InChI=1S/C15H12N4/c16-8-11-1-3-12(4-2-11)10-19-15-6-5-13(9-17)7-14(15)18/h1-7,19H,10,18H2. The minimum Gasteiger partial charge on any atom is -0.397 e. The van der Waals surface area contributed by atoms with Gasteiger partial charge in [-0.15, -0.1) is 0 Å². The molecular formula is C15H12N4. The fourth-order valence-corrected chi connectivity index (χ4v) is 1.69. The van der Waals surface area contributed by atoms with Crippen LogP contribution in [0.1, 0.15) is 16.7 Å². The number of anilines is 2. The highest BCUT2D eigenvalue weighted by Crippen LogP contribution is 2.20. The number of nitriles is 2. The van der Waals surface area contributed by atoms with E-state index in [1.807, 2.05) is 18.2 Å². The average molecular weight is 248 g/mol. The smallest absolute Gasteiger partial charge is 0.0992 e. The van der Waals surface area contributed by atoms with Gasteiger partial charge in [-0.2, -0.15) is 10.5 Å². The lowest BCUT2D eigenvalue weighted by molar-refractivity contribution is 1.15. The number of nitrogens with two attached hydrogens (primary N) is 1. The fourth-order valence-electron chi connectivity index (χ4n) is 1.69. The SMILES string of the molecule is N#Cc1ccc(CNc2ccc(C#N)cc2N)cc1. The molecule has 92 valence electrons. The number of hydrogen-bond acceptors (Lipinski definition) is 4. The van der Waals surface area contributed by atoms with Crippen LogP contribution in [0.3, 0.4) is 0 Å². The van der Waals surface area contributed by atoms with Crippen molar-refractivity contribution in [1.29, 1.82) is 10.5 Å². The van der Waals surface area contributed by atoms with Crippen LogP contribution in [0, 0.1) is 22.7 Å². The van der Waals surface area contributed by atoms with E-state index >= 15 is 0 Å². The molecule has 19 heavy (non-hydrogen) atoms. The summed E-state index contributed by atoms with van der Waals surface area (Å²) < 4.78 is 0. The van der Waals surface area contributed by atoms with Crippen molar-refractivity contribution in [1.82, 2.24) is 0 Å². The van der Waals surface area contributed by atoms with Gasteiger partial charge in [-0.25, -0.2) is 0 Å². The largest absolute Gasteiger partial charge is 0.397 e. The number of nitrogen functional groups attached to an aromatic ring is 1. The Morgan fingerprint density at radius 3 is 2.16 bits per heavy atom. The van der Waals surface area contributed by atoms with Crippen molar-refractivity contribution < 1.29 is 0 Å². The first-order valence-electron chi connectivity index (χ1n) is 5.75. The molecule has 0 spiro atoms. The van der Waals surface area contributed by atoms with E-state index in [1.165, 1.54) is 0 Å². The Hall–Kier alpha value is -2.98. The monoisotopic (exact) mass is 248 g/mol. The summed E-state index contributed by atoms with van der Waals surface area (Å²) in [5.41, 5.74) is 9.44. The van der Waals surface area contributed by atoms with Gasteiger partial charge in [0.15, 0.2) is 0 Å². The van der Waals surface area contributed by atoms with Crippen molar-refractivity contribution in [3.8, 4) is 12.1 Å². The maximum atomic E-state index is 8.76. The molecule has 0 unspecified atom stereocenters. The molecule has 4 nitrogen and oxygen atoms in total. The zero-order valence-corrected chi connectivity index (χ0v) is 10.2. The summed E-state index contributed by atoms with van der Waals surface area (Å²) in [6.45, 7) is 0.613. The van der Waals surface area contributed by atoms with Gasteiger partial charge in [-0.1, -0.05) is 12.1 Å². The number of hydrogen-bond donors (Lipinski definition) is 2. The predicted octanol–water partition coefficient (Wildman–Crippen LogP) is 2.62. The highest BCUT2D eigenvalue weighted by atomic mass is 14.9. The van der Waals surface area contributed by atoms with Gasteiger partial charge in [0, 0.05) is 6.54 Å². The molecule has 0 bridgehead atoms. The molecule has 0 saturated carbocycles. The number of nitrogens with zero attached hydrogens (tertiary/aromatic N) is 2. The lowest BCUT2D eigenvalue weighted by Gasteiger charge is -2.09. The van der Waals surface area contributed by atoms with Crippen LogP contribution in [0.15, 0.2) is 42.5 Å². The van der Waals surface area contributed by atoms with Gasteiger partial charge < -0.3 is 11.1 Å². The summed E-state index contributed by atoms with van der Waals surface area (Å²) in [5.74, 6) is 0. The maximum absolute atomic E-state index is 8.76. The van der Waals surface area contributed by atoms with E-state index in [2.05, 4.69) is 11.4 Å². The summed E-state index contributed by atoms with van der Waals surface area (Å²) in [5, 5.41) is 20.7. The summed E-state index contributed by atoms with van der Waals surface area (Å²) in [7, 11) is 0. The lowest BCUT2D eigenvalue weighted by atomic mass is 10.1. The second kappa shape index (κ2) is 5.57. The molecule has 0 aliphatic rings. The zero-order chi connectivity index (χ0) is 13.7. The topological polar surface area (TPSA) is 85.6 Å². The van der Waals surface area contributed by atoms with Crippen molar-refractivity contribution >= 4 is 11.4 Å². The Bertz CT molecular complexity index is 660. The minimum atomic E-state index is 0.543. The second-order valence-corrected chi connectivity index (χ2v) is 4.08. The Balaban J connectivity index is 2.06. The highest BCUT2D eigenvalue weighted by molar-refractivity contribution is 5.68. The van der Waals surface area contributed by atoms with Crippen LogP contribution in [0.25, 0.3) is 0 Å². The van der Waals surface area contributed by atoms with Crippen molar-refractivity contribution in [3.05, 3.63) is 59.2 Å². The first-order valence-corrected chi connectivity index (χ1v) is 5.75. The van der Waals surface area contributed by atoms with Crippen LogP contribution >= 0.6 is 0 Å². The van der Waals surface area contributed by atoms with Gasteiger partial charge in [0.25, 0.3) is 0 Å². The van der Waals surface area contributed by atoms with E-state index in [4.69, 9.17) is 16.3 Å². The van der Waals surface area contributed by atoms with E-state index < -0.39 is 0 Å². The molecule has 4 heteroatoms. The Morgan fingerprint density at radius 1 is 0.947 bits per heavy atom. The predicted molar refractivity (Wildman–Crippen MR) is 74.1 cm³/mol. The van der Waals surface area contributed by atoms with Crippen LogP contribution in [0.2, 0.25) is 0 Å². The summed E-state index contributed by atoms with van der Waals surface area (Å²) >= 11 is 0. The molecule has 2 rings (SSSR count). The summed E-state index contributed by atoms with van der Waals surface area (Å²) in [6, 6.07) is 16.6. The fraction of sp³-hybridized carbons (Fsp3) is 0.0667. The van der Waals surface area contributed by atoms with Gasteiger partial charge in [-0.3, -0.25) is 0 Å². The maximum Gasteiger partial charge on any atom is 0.0992 e. The van der Waals surface area contributed by atoms with Crippen LogP contribution in [0.4, 0.5) is 11.4 Å². The van der Waals surface area contributed by atoms with E-state index in [0.717, 1.165) is 11.3 Å². The highest BCUT2D eigenvalue weighted by Gasteiger charge is 2.01. The third-order valence-electron chi connectivity index (χ3n) is 2.75. The quantitative estimate of drug-likeness (QED) is 0.817. The number of benzene rings is 2. The zero-order valence-electron chi connectivity index (χ0n) is 10.2. The summed E-state index contributed by atoms with van der Waals surface area (Å²) in [4.78, 5) is 0. The number of nitrogens with one attached hydrogen (secondary N) is 1. The summed E-state index contributed by atoms with van der Waals surface area (Å²) in [6.07, 6.45) is 0. The van der Waals surface area contributed by atoms with Crippen LogP contribution in [0.5, 0.6) is 0 Å². The van der Waals surface area contributed by atoms with E-state index in [9.17, 15) is 0 Å².